The van der Waals surface area contributed by atoms with Gasteiger partial charge in [-0.05, 0) is 18.8 Å². The number of rotatable bonds is 4. The molecular weight excluding hydrogens is 204 g/mol. The summed E-state index contributed by atoms with van der Waals surface area (Å²) in [7, 11) is 1.91. The standard InChI is InChI=1S/C12H22N2O2/c1-14(9-10-3-2-4-10)12(15)7-11-8-13-5-6-16-11/h10-11,13H,2-9H2,1H3. The molecule has 4 nitrogen and oxygen atoms in total. The lowest BCUT2D eigenvalue weighted by molar-refractivity contribution is -0.134. The molecular formula is C12H22N2O2. The lowest BCUT2D eigenvalue weighted by Crippen LogP contribution is -2.42. The molecule has 0 aromatic heterocycles. The second kappa shape index (κ2) is 5.64. The van der Waals surface area contributed by atoms with Gasteiger partial charge in [0.15, 0.2) is 0 Å². The number of nitrogens with zero attached hydrogens (tertiary/aromatic N) is 1. The minimum atomic E-state index is 0.0742. The maximum absolute atomic E-state index is 11.9. The third kappa shape index (κ3) is 3.19. The van der Waals surface area contributed by atoms with Gasteiger partial charge in [-0.2, -0.15) is 0 Å². The molecule has 0 aromatic rings. The van der Waals surface area contributed by atoms with Crippen LogP contribution in [0.3, 0.4) is 0 Å². The molecule has 1 N–H and O–H groups in total. The van der Waals surface area contributed by atoms with Crippen LogP contribution in [-0.4, -0.2) is 50.2 Å². The molecule has 4 heteroatoms. The summed E-state index contributed by atoms with van der Waals surface area (Å²) in [6.07, 6.45) is 4.52. The molecule has 0 spiro atoms. The predicted octanol–water partition coefficient (Wildman–Crippen LogP) is 0.623. The average Bonchev–Trinajstić information content (AvgIpc) is 2.24. The Morgan fingerprint density at radius 3 is 2.88 bits per heavy atom. The van der Waals surface area contributed by atoms with Gasteiger partial charge in [0, 0.05) is 26.7 Å². The van der Waals surface area contributed by atoms with Crippen LogP contribution < -0.4 is 5.32 Å². The first-order chi connectivity index (χ1) is 7.75. The van der Waals surface area contributed by atoms with Crippen LogP contribution in [0.25, 0.3) is 0 Å². The Labute approximate surface area is 97.3 Å². The van der Waals surface area contributed by atoms with E-state index in [-0.39, 0.29) is 12.0 Å². The second-order valence-electron chi connectivity index (χ2n) is 4.97. The Morgan fingerprint density at radius 1 is 1.50 bits per heavy atom. The number of nitrogens with one attached hydrogen (secondary N) is 1. The zero-order chi connectivity index (χ0) is 11.4. The Bertz CT molecular complexity index is 235. The topological polar surface area (TPSA) is 41.6 Å². The Kier molecular flexibility index (Phi) is 4.18. The molecule has 1 heterocycles. The van der Waals surface area contributed by atoms with Crippen molar-refractivity contribution in [1.82, 2.24) is 10.2 Å². The molecule has 2 rings (SSSR count). The molecule has 0 bridgehead atoms. The zero-order valence-corrected chi connectivity index (χ0v) is 10.1. The highest BCUT2D eigenvalue weighted by Crippen LogP contribution is 2.26. The summed E-state index contributed by atoms with van der Waals surface area (Å²) in [6, 6.07) is 0. The van der Waals surface area contributed by atoms with Gasteiger partial charge in [-0.1, -0.05) is 6.42 Å². The molecule has 92 valence electrons. The fourth-order valence-corrected chi connectivity index (χ4v) is 2.27. The van der Waals surface area contributed by atoms with Crippen LogP contribution in [0, 0.1) is 5.92 Å². The largest absolute Gasteiger partial charge is 0.375 e. The van der Waals surface area contributed by atoms with Crippen LogP contribution in [0.4, 0.5) is 0 Å². The lowest BCUT2D eigenvalue weighted by Gasteiger charge is -2.31. The maximum atomic E-state index is 11.9. The van der Waals surface area contributed by atoms with Crippen molar-refractivity contribution < 1.29 is 9.53 Å². The monoisotopic (exact) mass is 226 g/mol. The van der Waals surface area contributed by atoms with Crippen molar-refractivity contribution >= 4 is 5.91 Å². The van der Waals surface area contributed by atoms with Crippen molar-refractivity contribution in [3.63, 3.8) is 0 Å². The molecule has 1 aliphatic heterocycles. The zero-order valence-electron chi connectivity index (χ0n) is 10.1. The molecule has 1 aliphatic carbocycles. The quantitative estimate of drug-likeness (QED) is 0.764. The number of morpholine rings is 1. The normalized spacial score (nSPS) is 26.2. The summed E-state index contributed by atoms with van der Waals surface area (Å²) < 4.78 is 5.53. The van der Waals surface area contributed by atoms with E-state index in [9.17, 15) is 4.79 Å². The molecule has 0 radical (unpaired) electrons. The van der Waals surface area contributed by atoms with Crippen LogP contribution >= 0.6 is 0 Å². The summed E-state index contributed by atoms with van der Waals surface area (Å²) in [6.45, 7) is 3.37. The van der Waals surface area contributed by atoms with Crippen LogP contribution in [0.2, 0.25) is 0 Å². The highest BCUT2D eigenvalue weighted by Gasteiger charge is 2.24. The Morgan fingerprint density at radius 2 is 2.31 bits per heavy atom. The van der Waals surface area contributed by atoms with E-state index in [4.69, 9.17) is 4.74 Å². The van der Waals surface area contributed by atoms with Crippen molar-refractivity contribution in [2.24, 2.45) is 5.92 Å². The molecule has 2 fully saturated rings. The number of amides is 1. The first-order valence-corrected chi connectivity index (χ1v) is 6.32. The summed E-state index contributed by atoms with van der Waals surface area (Å²) >= 11 is 0. The van der Waals surface area contributed by atoms with Crippen LogP contribution in [0.5, 0.6) is 0 Å². The van der Waals surface area contributed by atoms with Gasteiger partial charge in [0.1, 0.15) is 0 Å². The van der Waals surface area contributed by atoms with Crippen LogP contribution in [0.1, 0.15) is 25.7 Å². The van der Waals surface area contributed by atoms with E-state index in [0.29, 0.717) is 6.42 Å². The van der Waals surface area contributed by atoms with Gasteiger partial charge < -0.3 is 15.0 Å². The fourth-order valence-electron chi connectivity index (χ4n) is 2.27. The van der Waals surface area contributed by atoms with Gasteiger partial charge in [0.25, 0.3) is 0 Å². The number of ether oxygens (including phenoxy) is 1. The van der Waals surface area contributed by atoms with E-state index >= 15 is 0 Å². The SMILES string of the molecule is CN(CC1CCC1)C(=O)CC1CNCCO1. The maximum Gasteiger partial charge on any atom is 0.224 e. The van der Waals surface area contributed by atoms with Crippen LogP contribution in [-0.2, 0) is 9.53 Å². The van der Waals surface area contributed by atoms with Gasteiger partial charge in [-0.15, -0.1) is 0 Å². The van der Waals surface area contributed by atoms with Crippen molar-refractivity contribution in [3.8, 4) is 0 Å². The molecule has 1 atom stereocenters. The summed E-state index contributed by atoms with van der Waals surface area (Å²) in [5, 5.41) is 3.25. The van der Waals surface area contributed by atoms with Crippen LogP contribution in [0.15, 0.2) is 0 Å². The molecule has 1 saturated carbocycles. The third-order valence-electron chi connectivity index (χ3n) is 3.59. The molecule has 16 heavy (non-hydrogen) atoms. The highest BCUT2D eigenvalue weighted by atomic mass is 16.5. The smallest absolute Gasteiger partial charge is 0.224 e. The van der Waals surface area contributed by atoms with E-state index < -0.39 is 0 Å². The second-order valence-corrected chi connectivity index (χ2v) is 4.97. The first-order valence-electron chi connectivity index (χ1n) is 6.32. The van der Waals surface area contributed by atoms with Gasteiger partial charge in [0.05, 0.1) is 19.1 Å². The molecule has 1 amide bonds. The Balaban J connectivity index is 1.68. The number of carbonyl (C=O) groups is 1. The van der Waals surface area contributed by atoms with Gasteiger partial charge in [0.2, 0.25) is 5.91 Å². The lowest BCUT2D eigenvalue weighted by atomic mass is 9.85. The van der Waals surface area contributed by atoms with Crippen molar-refractivity contribution in [1.29, 1.82) is 0 Å². The first kappa shape index (κ1) is 11.9. The Hall–Kier alpha value is -0.610. The highest BCUT2D eigenvalue weighted by molar-refractivity contribution is 5.76. The van der Waals surface area contributed by atoms with E-state index in [1.165, 1.54) is 19.3 Å². The summed E-state index contributed by atoms with van der Waals surface area (Å²) in [5.41, 5.74) is 0. The van der Waals surface area contributed by atoms with Crippen molar-refractivity contribution in [2.75, 3.05) is 33.3 Å². The van der Waals surface area contributed by atoms with Crippen molar-refractivity contribution in [3.05, 3.63) is 0 Å². The van der Waals surface area contributed by atoms with Gasteiger partial charge >= 0.3 is 0 Å². The minimum absolute atomic E-state index is 0.0742. The third-order valence-corrected chi connectivity index (χ3v) is 3.59. The fraction of sp³-hybridized carbons (Fsp3) is 0.917. The van der Waals surface area contributed by atoms with E-state index in [0.717, 1.165) is 32.2 Å². The molecule has 0 aromatic carbocycles. The van der Waals surface area contributed by atoms with E-state index in [2.05, 4.69) is 5.32 Å². The number of hydrogen-bond acceptors (Lipinski definition) is 3. The van der Waals surface area contributed by atoms with Gasteiger partial charge in [-0.3, -0.25) is 4.79 Å². The minimum Gasteiger partial charge on any atom is -0.375 e. The summed E-state index contributed by atoms with van der Waals surface area (Å²) in [5.74, 6) is 0.972. The van der Waals surface area contributed by atoms with Gasteiger partial charge in [-0.25, -0.2) is 0 Å². The molecule has 1 unspecified atom stereocenters. The number of hydrogen-bond donors (Lipinski definition) is 1. The molecule has 2 aliphatic rings. The summed E-state index contributed by atoms with van der Waals surface area (Å²) in [4.78, 5) is 13.8. The van der Waals surface area contributed by atoms with E-state index in [1.54, 1.807) is 0 Å². The number of carbonyl (C=O) groups excluding carboxylic acids is 1. The predicted molar refractivity (Wildman–Crippen MR) is 62.2 cm³/mol. The van der Waals surface area contributed by atoms with E-state index in [1.807, 2.05) is 11.9 Å². The average molecular weight is 226 g/mol. The molecule has 1 saturated heterocycles. The van der Waals surface area contributed by atoms with Crippen molar-refractivity contribution in [2.45, 2.75) is 31.8 Å².